The Balaban J connectivity index is 1.86. The standard InChI is InChI=1S/C17H16FNO2/c1-12-3-2-4-15(11-12)19-17(21)10-9-16(20)13-5-7-14(18)8-6-13/h2-8,11H,9-10H2,1H3,(H,19,21). The van der Waals surface area contributed by atoms with Crippen molar-refractivity contribution in [3.05, 3.63) is 65.5 Å². The highest BCUT2D eigenvalue weighted by atomic mass is 19.1. The topological polar surface area (TPSA) is 46.2 Å². The average molecular weight is 285 g/mol. The Morgan fingerprint density at radius 1 is 1.05 bits per heavy atom. The molecule has 0 fully saturated rings. The number of halogens is 1. The summed E-state index contributed by atoms with van der Waals surface area (Å²) >= 11 is 0. The second kappa shape index (κ2) is 6.79. The molecule has 0 unspecified atom stereocenters. The minimum Gasteiger partial charge on any atom is -0.326 e. The molecule has 2 aromatic carbocycles. The van der Waals surface area contributed by atoms with Crippen LogP contribution in [0, 0.1) is 12.7 Å². The van der Waals surface area contributed by atoms with Crippen LogP contribution < -0.4 is 5.32 Å². The molecule has 0 aliphatic carbocycles. The third kappa shape index (κ3) is 4.53. The van der Waals surface area contributed by atoms with Gasteiger partial charge in [0.25, 0.3) is 0 Å². The van der Waals surface area contributed by atoms with Crippen LogP contribution in [0.15, 0.2) is 48.5 Å². The number of aryl methyl sites for hydroxylation is 1. The molecule has 0 saturated carbocycles. The maximum atomic E-state index is 12.8. The van der Waals surface area contributed by atoms with Crippen molar-refractivity contribution in [3.8, 4) is 0 Å². The molecule has 108 valence electrons. The number of hydrogen-bond acceptors (Lipinski definition) is 2. The third-order valence-electron chi connectivity index (χ3n) is 3.05. The molecule has 2 aromatic rings. The number of hydrogen-bond donors (Lipinski definition) is 1. The summed E-state index contributed by atoms with van der Waals surface area (Å²) in [6.45, 7) is 1.94. The van der Waals surface area contributed by atoms with E-state index in [0.717, 1.165) is 5.56 Å². The zero-order chi connectivity index (χ0) is 15.2. The van der Waals surface area contributed by atoms with Crippen molar-refractivity contribution < 1.29 is 14.0 Å². The monoisotopic (exact) mass is 285 g/mol. The van der Waals surface area contributed by atoms with Gasteiger partial charge in [0.2, 0.25) is 5.91 Å². The van der Waals surface area contributed by atoms with Gasteiger partial charge < -0.3 is 5.32 Å². The summed E-state index contributed by atoms with van der Waals surface area (Å²) in [5, 5.41) is 2.75. The van der Waals surface area contributed by atoms with E-state index < -0.39 is 0 Å². The minimum atomic E-state index is -0.385. The second-order valence-corrected chi connectivity index (χ2v) is 4.85. The zero-order valence-electron chi connectivity index (χ0n) is 11.7. The van der Waals surface area contributed by atoms with Crippen LogP contribution in [0.5, 0.6) is 0 Å². The van der Waals surface area contributed by atoms with Crippen molar-refractivity contribution in [2.45, 2.75) is 19.8 Å². The van der Waals surface area contributed by atoms with Crippen molar-refractivity contribution in [1.29, 1.82) is 0 Å². The fraction of sp³-hybridized carbons (Fsp3) is 0.176. The van der Waals surface area contributed by atoms with E-state index >= 15 is 0 Å². The molecule has 0 aliphatic heterocycles. The van der Waals surface area contributed by atoms with Crippen molar-refractivity contribution in [1.82, 2.24) is 0 Å². The fourth-order valence-corrected chi connectivity index (χ4v) is 1.95. The summed E-state index contributed by atoms with van der Waals surface area (Å²) in [5.74, 6) is -0.769. The maximum absolute atomic E-state index is 12.8. The minimum absolute atomic E-state index is 0.100. The lowest BCUT2D eigenvalue weighted by atomic mass is 10.1. The second-order valence-electron chi connectivity index (χ2n) is 4.85. The van der Waals surface area contributed by atoms with Gasteiger partial charge in [0.1, 0.15) is 5.82 Å². The normalized spacial score (nSPS) is 10.2. The highest BCUT2D eigenvalue weighted by Gasteiger charge is 2.09. The molecule has 0 atom stereocenters. The first-order chi connectivity index (χ1) is 10.0. The van der Waals surface area contributed by atoms with E-state index in [2.05, 4.69) is 5.32 Å². The molecule has 21 heavy (non-hydrogen) atoms. The number of rotatable bonds is 5. The number of carbonyl (C=O) groups excluding carboxylic acids is 2. The largest absolute Gasteiger partial charge is 0.326 e. The predicted octanol–water partition coefficient (Wildman–Crippen LogP) is 3.74. The smallest absolute Gasteiger partial charge is 0.224 e. The van der Waals surface area contributed by atoms with E-state index in [-0.39, 0.29) is 30.3 Å². The van der Waals surface area contributed by atoms with Crippen LogP contribution >= 0.6 is 0 Å². The lowest BCUT2D eigenvalue weighted by Crippen LogP contribution is -2.13. The zero-order valence-corrected chi connectivity index (χ0v) is 11.7. The van der Waals surface area contributed by atoms with Crippen LogP contribution in [0.2, 0.25) is 0 Å². The Hall–Kier alpha value is -2.49. The van der Waals surface area contributed by atoms with Gasteiger partial charge in [-0.1, -0.05) is 12.1 Å². The Morgan fingerprint density at radius 2 is 1.76 bits per heavy atom. The van der Waals surface area contributed by atoms with E-state index in [1.165, 1.54) is 24.3 Å². The molecule has 3 nitrogen and oxygen atoms in total. The van der Waals surface area contributed by atoms with Crippen LogP contribution in [0.1, 0.15) is 28.8 Å². The average Bonchev–Trinajstić information content (AvgIpc) is 2.45. The molecule has 0 heterocycles. The van der Waals surface area contributed by atoms with Crippen molar-refractivity contribution >= 4 is 17.4 Å². The molecular weight excluding hydrogens is 269 g/mol. The van der Waals surface area contributed by atoms with Gasteiger partial charge >= 0.3 is 0 Å². The van der Waals surface area contributed by atoms with Crippen LogP contribution in [0.3, 0.4) is 0 Å². The molecule has 0 aliphatic rings. The number of carbonyl (C=O) groups is 2. The first kappa shape index (κ1) is 14.9. The number of anilines is 1. The van der Waals surface area contributed by atoms with Gasteiger partial charge in [0.15, 0.2) is 5.78 Å². The summed E-state index contributed by atoms with van der Waals surface area (Å²) in [6, 6.07) is 12.8. The summed E-state index contributed by atoms with van der Waals surface area (Å²) in [4.78, 5) is 23.7. The third-order valence-corrected chi connectivity index (χ3v) is 3.05. The van der Waals surface area contributed by atoms with Crippen molar-refractivity contribution in [2.75, 3.05) is 5.32 Å². The number of nitrogens with one attached hydrogen (secondary N) is 1. The Bertz CT molecular complexity index is 650. The summed E-state index contributed by atoms with van der Waals surface area (Å²) < 4.78 is 12.8. The Morgan fingerprint density at radius 3 is 2.43 bits per heavy atom. The molecule has 0 bridgehead atoms. The van der Waals surface area contributed by atoms with Gasteiger partial charge in [0.05, 0.1) is 0 Å². The number of amides is 1. The first-order valence-electron chi connectivity index (χ1n) is 6.70. The van der Waals surface area contributed by atoms with Crippen molar-refractivity contribution in [2.24, 2.45) is 0 Å². The molecule has 1 amide bonds. The van der Waals surface area contributed by atoms with Gasteiger partial charge in [-0.2, -0.15) is 0 Å². The highest BCUT2D eigenvalue weighted by Crippen LogP contribution is 2.11. The molecule has 0 spiro atoms. The van der Waals surface area contributed by atoms with Gasteiger partial charge in [0, 0.05) is 24.1 Å². The van der Waals surface area contributed by atoms with Gasteiger partial charge in [-0.3, -0.25) is 9.59 Å². The van der Waals surface area contributed by atoms with Crippen LogP contribution in [-0.4, -0.2) is 11.7 Å². The summed E-state index contributed by atoms with van der Waals surface area (Å²) in [7, 11) is 0. The highest BCUT2D eigenvalue weighted by molar-refractivity contribution is 5.99. The van der Waals surface area contributed by atoms with E-state index in [0.29, 0.717) is 11.3 Å². The first-order valence-corrected chi connectivity index (χ1v) is 6.70. The van der Waals surface area contributed by atoms with Crippen molar-refractivity contribution in [3.63, 3.8) is 0 Å². The summed E-state index contributed by atoms with van der Waals surface area (Å²) in [6.07, 6.45) is 0.202. The molecule has 0 radical (unpaired) electrons. The van der Waals surface area contributed by atoms with E-state index in [9.17, 15) is 14.0 Å². The quantitative estimate of drug-likeness (QED) is 0.851. The van der Waals surface area contributed by atoms with E-state index in [1.807, 2.05) is 25.1 Å². The lowest BCUT2D eigenvalue weighted by Gasteiger charge is -2.06. The van der Waals surface area contributed by atoms with Crippen LogP contribution in [0.25, 0.3) is 0 Å². The van der Waals surface area contributed by atoms with E-state index in [1.54, 1.807) is 6.07 Å². The molecule has 1 N–H and O–H groups in total. The van der Waals surface area contributed by atoms with Gasteiger partial charge in [-0.15, -0.1) is 0 Å². The molecule has 2 rings (SSSR count). The number of benzene rings is 2. The molecule has 0 saturated heterocycles. The van der Waals surface area contributed by atoms with Crippen LogP contribution in [-0.2, 0) is 4.79 Å². The Labute approximate surface area is 122 Å². The maximum Gasteiger partial charge on any atom is 0.224 e. The molecule has 0 aromatic heterocycles. The SMILES string of the molecule is Cc1cccc(NC(=O)CCC(=O)c2ccc(F)cc2)c1. The number of ketones is 1. The van der Waals surface area contributed by atoms with Crippen LogP contribution in [0.4, 0.5) is 10.1 Å². The van der Waals surface area contributed by atoms with Gasteiger partial charge in [-0.25, -0.2) is 4.39 Å². The molecule has 4 heteroatoms. The lowest BCUT2D eigenvalue weighted by molar-refractivity contribution is -0.116. The number of Topliss-reactive ketones (excluding diaryl/α,β-unsaturated/α-hetero) is 1. The predicted molar refractivity (Wildman–Crippen MR) is 79.8 cm³/mol. The Kier molecular flexibility index (Phi) is 4.82. The van der Waals surface area contributed by atoms with Gasteiger partial charge in [-0.05, 0) is 48.9 Å². The fourth-order valence-electron chi connectivity index (χ4n) is 1.95. The molecular formula is C17H16FNO2. The summed E-state index contributed by atoms with van der Waals surface area (Å²) in [5.41, 5.74) is 2.18. The van der Waals surface area contributed by atoms with E-state index in [4.69, 9.17) is 0 Å².